The monoisotopic (exact) mass is 208 g/mol. The minimum absolute atomic E-state index is 0.766. The van der Waals surface area contributed by atoms with E-state index in [1.54, 1.807) is 5.57 Å². The zero-order valence-electron chi connectivity index (χ0n) is 10.9. The lowest BCUT2D eigenvalue weighted by Gasteiger charge is -2.12. The van der Waals surface area contributed by atoms with Crippen LogP contribution in [0.2, 0.25) is 0 Å². The van der Waals surface area contributed by atoms with Gasteiger partial charge in [0.15, 0.2) is 0 Å². The van der Waals surface area contributed by atoms with Gasteiger partial charge < -0.3 is 0 Å². The van der Waals surface area contributed by atoms with Crippen molar-refractivity contribution in [2.45, 2.75) is 65.7 Å². The van der Waals surface area contributed by atoms with Crippen molar-refractivity contribution >= 4 is 0 Å². The molecule has 0 aliphatic carbocycles. The predicted octanol–water partition coefficient (Wildman–Crippen LogP) is 5.51. The maximum Gasteiger partial charge on any atom is -0.0291 e. The molecule has 1 unspecified atom stereocenters. The van der Waals surface area contributed by atoms with Crippen LogP contribution >= 0.6 is 0 Å². The van der Waals surface area contributed by atoms with Crippen molar-refractivity contribution < 1.29 is 0 Å². The highest BCUT2D eigenvalue weighted by molar-refractivity contribution is 5.03. The lowest BCUT2D eigenvalue weighted by Crippen LogP contribution is -1.96. The van der Waals surface area contributed by atoms with E-state index in [0.29, 0.717) is 0 Å². The summed E-state index contributed by atoms with van der Waals surface area (Å²) in [5.74, 6) is 0.766. The van der Waals surface area contributed by atoms with Gasteiger partial charge in [0.2, 0.25) is 0 Å². The van der Waals surface area contributed by atoms with Gasteiger partial charge >= 0.3 is 0 Å². The van der Waals surface area contributed by atoms with Crippen LogP contribution in [0.4, 0.5) is 0 Å². The van der Waals surface area contributed by atoms with Crippen LogP contribution < -0.4 is 0 Å². The summed E-state index contributed by atoms with van der Waals surface area (Å²) in [6, 6.07) is 0. The zero-order valence-corrected chi connectivity index (χ0v) is 10.9. The molecule has 0 N–H and O–H groups in total. The molecule has 88 valence electrons. The molecular formula is C15H28. The molecule has 0 aromatic heterocycles. The Hall–Kier alpha value is -0.520. The number of hydrogen-bond acceptors (Lipinski definition) is 0. The van der Waals surface area contributed by atoms with E-state index in [4.69, 9.17) is 0 Å². The van der Waals surface area contributed by atoms with Crippen molar-refractivity contribution in [1.82, 2.24) is 0 Å². The summed E-state index contributed by atoms with van der Waals surface area (Å²) < 4.78 is 0. The van der Waals surface area contributed by atoms with Crippen LogP contribution in [0.3, 0.4) is 0 Å². The summed E-state index contributed by atoms with van der Waals surface area (Å²) in [6.45, 7) is 10.6. The van der Waals surface area contributed by atoms with E-state index in [2.05, 4.69) is 33.4 Å². The molecule has 0 saturated heterocycles. The molecular weight excluding hydrogens is 180 g/mol. The number of hydrogen-bond donors (Lipinski definition) is 0. The fourth-order valence-electron chi connectivity index (χ4n) is 1.99. The molecule has 0 aliphatic heterocycles. The molecule has 15 heavy (non-hydrogen) atoms. The lowest BCUT2D eigenvalue weighted by atomic mass is 9.94. The van der Waals surface area contributed by atoms with Gasteiger partial charge in [0.05, 0.1) is 0 Å². The summed E-state index contributed by atoms with van der Waals surface area (Å²) in [7, 11) is 0. The Morgan fingerprint density at radius 1 is 1.27 bits per heavy atom. The van der Waals surface area contributed by atoms with E-state index in [9.17, 15) is 0 Å². The minimum atomic E-state index is 0.766. The fraction of sp³-hybridized carbons (Fsp3) is 0.733. The van der Waals surface area contributed by atoms with E-state index >= 15 is 0 Å². The first-order valence-corrected chi connectivity index (χ1v) is 6.53. The molecule has 0 saturated carbocycles. The average molecular weight is 208 g/mol. The van der Waals surface area contributed by atoms with E-state index in [1.807, 2.05) is 6.08 Å². The van der Waals surface area contributed by atoms with E-state index < -0.39 is 0 Å². The van der Waals surface area contributed by atoms with Crippen LogP contribution in [0.1, 0.15) is 65.7 Å². The molecule has 1 atom stereocenters. The van der Waals surface area contributed by atoms with Crippen LogP contribution in [0, 0.1) is 5.92 Å². The molecule has 0 aromatic carbocycles. The van der Waals surface area contributed by atoms with Gasteiger partial charge in [0.25, 0.3) is 0 Å². The normalized spacial score (nSPS) is 13.9. The molecule has 0 amide bonds. The van der Waals surface area contributed by atoms with Crippen molar-refractivity contribution in [3.8, 4) is 0 Å². The van der Waals surface area contributed by atoms with Gasteiger partial charge in [0.1, 0.15) is 0 Å². The maximum atomic E-state index is 3.81. The quantitative estimate of drug-likeness (QED) is 0.346. The van der Waals surface area contributed by atoms with Crippen LogP contribution in [0.25, 0.3) is 0 Å². The zero-order chi connectivity index (χ0) is 11.5. The van der Waals surface area contributed by atoms with Gasteiger partial charge in [-0.2, -0.15) is 0 Å². The number of allylic oxidation sites excluding steroid dienone is 3. The SMILES string of the molecule is C=CCC(C)CC(=CCC)CCCCC. The average Bonchev–Trinajstić information content (AvgIpc) is 2.18. The largest absolute Gasteiger partial charge is 0.103 e. The lowest BCUT2D eigenvalue weighted by molar-refractivity contribution is 0.563. The predicted molar refractivity (Wildman–Crippen MR) is 71.1 cm³/mol. The summed E-state index contributed by atoms with van der Waals surface area (Å²) >= 11 is 0. The second-order valence-electron chi connectivity index (χ2n) is 4.56. The Labute approximate surface area is 96.5 Å². The third kappa shape index (κ3) is 8.47. The van der Waals surface area contributed by atoms with Gasteiger partial charge in [-0.1, -0.05) is 51.3 Å². The van der Waals surface area contributed by atoms with Gasteiger partial charge in [-0.3, -0.25) is 0 Å². The minimum Gasteiger partial charge on any atom is -0.103 e. The smallest absolute Gasteiger partial charge is 0.0291 e. The highest BCUT2D eigenvalue weighted by Gasteiger charge is 2.03. The van der Waals surface area contributed by atoms with E-state index in [0.717, 1.165) is 12.3 Å². The second kappa shape index (κ2) is 10.0. The Morgan fingerprint density at radius 2 is 2.00 bits per heavy atom. The summed E-state index contributed by atoms with van der Waals surface area (Å²) in [5.41, 5.74) is 1.67. The van der Waals surface area contributed by atoms with Crippen molar-refractivity contribution in [3.63, 3.8) is 0 Å². The third-order valence-electron chi connectivity index (χ3n) is 2.77. The second-order valence-corrected chi connectivity index (χ2v) is 4.56. The molecule has 0 nitrogen and oxygen atoms in total. The maximum absolute atomic E-state index is 3.81. The molecule has 0 aliphatic rings. The molecule has 0 heteroatoms. The van der Waals surface area contributed by atoms with Gasteiger partial charge in [-0.05, 0) is 38.0 Å². The Kier molecular flexibility index (Phi) is 9.67. The van der Waals surface area contributed by atoms with Gasteiger partial charge in [0, 0.05) is 0 Å². The highest BCUT2D eigenvalue weighted by atomic mass is 14.1. The molecule has 0 spiro atoms. The molecule has 0 radical (unpaired) electrons. The van der Waals surface area contributed by atoms with E-state index in [-0.39, 0.29) is 0 Å². The van der Waals surface area contributed by atoms with Crippen molar-refractivity contribution in [2.75, 3.05) is 0 Å². The molecule has 0 fully saturated rings. The molecule has 0 rings (SSSR count). The first-order valence-electron chi connectivity index (χ1n) is 6.53. The fourth-order valence-corrected chi connectivity index (χ4v) is 1.99. The van der Waals surface area contributed by atoms with Crippen LogP contribution in [0.15, 0.2) is 24.3 Å². The Balaban J connectivity index is 3.92. The molecule has 0 heterocycles. The number of rotatable bonds is 9. The summed E-state index contributed by atoms with van der Waals surface area (Å²) in [5, 5.41) is 0. The third-order valence-corrected chi connectivity index (χ3v) is 2.77. The van der Waals surface area contributed by atoms with E-state index in [1.165, 1.54) is 38.5 Å². The first-order chi connectivity index (χ1) is 7.24. The standard InChI is InChI=1S/C15H28/c1-5-8-9-12-15(11-7-3)13-14(4)10-6-2/h6,11,14H,2,5,7-10,12-13H2,1,3-4H3. The van der Waals surface area contributed by atoms with Crippen molar-refractivity contribution in [1.29, 1.82) is 0 Å². The van der Waals surface area contributed by atoms with Crippen LogP contribution in [-0.2, 0) is 0 Å². The van der Waals surface area contributed by atoms with Crippen molar-refractivity contribution in [3.05, 3.63) is 24.3 Å². The summed E-state index contributed by atoms with van der Waals surface area (Å²) in [6.07, 6.45) is 13.4. The van der Waals surface area contributed by atoms with Crippen LogP contribution in [-0.4, -0.2) is 0 Å². The highest BCUT2D eigenvalue weighted by Crippen LogP contribution is 2.20. The van der Waals surface area contributed by atoms with Crippen LogP contribution in [0.5, 0.6) is 0 Å². The Morgan fingerprint density at radius 3 is 2.53 bits per heavy atom. The van der Waals surface area contributed by atoms with Gasteiger partial charge in [-0.25, -0.2) is 0 Å². The van der Waals surface area contributed by atoms with Crippen molar-refractivity contribution in [2.24, 2.45) is 5.92 Å². The van der Waals surface area contributed by atoms with Gasteiger partial charge in [-0.15, -0.1) is 6.58 Å². The topological polar surface area (TPSA) is 0 Å². The Bertz CT molecular complexity index is 176. The number of unbranched alkanes of at least 4 members (excludes halogenated alkanes) is 2. The molecule has 0 aromatic rings. The first kappa shape index (κ1) is 14.5. The molecule has 0 bridgehead atoms. The summed E-state index contributed by atoms with van der Waals surface area (Å²) in [4.78, 5) is 0.